The van der Waals surface area contributed by atoms with Crippen molar-refractivity contribution in [3.8, 4) is 0 Å². The van der Waals surface area contributed by atoms with Crippen LogP contribution in [0.1, 0.15) is 25.7 Å². The highest BCUT2D eigenvalue weighted by atomic mass is 16.1. The number of nitrogens with two attached hydrogens (primary N) is 1. The molecule has 62 valence electrons. The van der Waals surface area contributed by atoms with Crippen LogP contribution in [0.4, 0.5) is 0 Å². The zero-order valence-electron chi connectivity index (χ0n) is 6.55. The third-order valence-electron chi connectivity index (χ3n) is 2.62. The molecular weight excluding hydrogens is 140 g/mol. The molecule has 2 rings (SSSR count). The van der Waals surface area contributed by atoms with Crippen LogP contribution in [0, 0.1) is 5.92 Å². The van der Waals surface area contributed by atoms with Crippen molar-refractivity contribution < 1.29 is 4.79 Å². The molecule has 1 heterocycles. The van der Waals surface area contributed by atoms with E-state index in [0.29, 0.717) is 12.3 Å². The van der Waals surface area contributed by atoms with Gasteiger partial charge in [0.05, 0.1) is 0 Å². The van der Waals surface area contributed by atoms with Crippen LogP contribution in [0.25, 0.3) is 0 Å². The number of rotatable bonds is 1. The Morgan fingerprint density at radius 1 is 1.36 bits per heavy atom. The summed E-state index contributed by atoms with van der Waals surface area (Å²) in [6, 6.07) is 0.497. The van der Waals surface area contributed by atoms with Gasteiger partial charge in [0.25, 0.3) is 0 Å². The van der Waals surface area contributed by atoms with Crippen molar-refractivity contribution in [2.75, 3.05) is 0 Å². The smallest absolute Gasteiger partial charge is 0.220 e. The standard InChI is InChI=1S/C8H14N2O/c9-6-3-4-7(11)10-8(6)5-1-2-5/h5-6,8H,1-4,9H2,(H,10,11)/t6-,8+/m0/s1. The fraction of sp³-hybridized carbons (Fsp3) is 0.875. The zero-order valence-corrected chi connectivity index (χ0v) is 6.55. The van der Waals surface area contributed by atoms with Crippen molar-refractivity contribution in [1.82, 2.24) is 5.32 Å². The van der Waals surface area contributed by atoms with E-state index in [1.807, 2.05) is 0 Å². The van der Waals surface area contributed by atoms with E-state index in [9.17, 15) is 4.79 Å². The predicted molar refractivity (Wildman–Crippen MR) is 41.9 cm³/mol. The predicted octanol–water partition coefficient (Wildman–Crippen LogP) is 0.00230. The van der Waals surface area contributed by atoms with Gasteiger partial charge in [-0.25, -0.2) is 0 Å². The molecule has 1 aliphatic carbocycles. The van der Waals surface area contributed by atoms with E-state index in [1.165, 1.54) is 12.8 Å². The van der Waals surface area contributed by atoms with Gasteiger partial charge in [0.15, 0.2) is 0 Å². The van der Waals surface area contributed by atoms with Crippen molar-refractivity contribution in [3.05, 3.63) is 0 Å². The Labute approximate surface area is 66.3 Å². The van der Waals surface area contributed by atoms with Crippen LogP contribution in [0.2, 0.25) is 0 Å². The molecule has 3 heteroatoms. The Morgan fingerprint density at radius 3 is 2.73 bits per heavy atom. The Balaban J connectivity index is 1.98. The first-order chi connectivity index (χ1) is 5.27. The maximum absolute atomic E-state index is 11.0. The highest BCUT2D eigenvalue weighted by Crippen LogP contribution is 2.35. The van der Waals surface area contributed by atoms with E-state index in [2.05, 4.69) is 5.32 Å². The molecule has 0 aromatic carbocycles. The molecule has 0 radical (unpaired) electrons. The molecule has 0 bridgehead atoms. The van der Waals surface area contributed by atoms with Crippen LogP contribution in [-0.4, -0.2) is 18.0 Å². The van der Waals surface area contributed by atoms with Crippen LogP contribution in [-0.2, 0) is 4.79 Å². The number of piperidine rings is 1. The molecule has 0 spiro atoms. The fourth-order valence-corrected chi connectivity index (χ4v) is 1.77. The van der Waals surface area contributed by atoms with Gasteiger partial charge in [0.2, 0.25) is 5.91 Å². The number of carbonyl (C=O) groups excluding carboxylic acids is 1. The minimum absolute atomic E-state index is 0.184. The quantitative estimate of drug-likeness (QED) is 0.558. The summed E-state index contributed by atoms with van der Waals surface area (Å²) in [7, 11) is 0. The van der Waals surface area contributed by atoms with Crippen molar-refractivity contribution in [2.24, 2.45) is 11.7 Å². The zero-order chi connectivity index (χ0) is 7.84. The van der Waals surface area contributed by atoms with Crippen molar-refractivity contribution >= 4 is 5.91 Å². The first-order valence-corrected chi connectivity index (χ1v) is 4.32. The fourth-order valence-electron chi connectivity index (χ4n) is 1.77. The van der Waals surface area contributed by atoms with Gasteiger partial charge in [-0.3, -0.25) is 4.79 Å². The lowest BCUT2D eigenvalue weighted by Gasteiger charge is -2.29. The Kier molecular flexibility index (Phi) is 1.60. The second-order valence-electron chi connectivity index (χ2n) is 3.63. The summed E-state index contributed by atoms with van der Waals surface area (Å²) in [5.41, 5.74) is 5.87. The molecule has 3 nitrogen and oxygen atoms in total. The van der Waals surface area contributed by atoms with E-state index in [4.69, 9.17) is 5.73 Å². The lowest BCUT2D eigenvalue weighted by Crippen LogP contribution is -2.53. The highest BCUT2D eigenvalue weighted by molar-refractivity contribution is 5.77. The van der Waals surface area contributed by atoms with Gasteiger partial charge in [-0.2, -0.15) is 0 Å². The summed E-state index contributed by atoms with van der Waals surface area (Å²) in [5, 5.41) is 2.96. The summed E-state index contributed by atoms with van der Waals surface area (Å²) >= 11 is 0. The molecule has 2 fully saturated rings. The molecular formula is C8H14N2O. The maximum Gasteiger partial charge on any atom is 0.220 e. The number of hydrogen-bond acceptors (Lipinski definition) is 2. The summed E-state index contributed by atoms with van der Waals surface area (Å²) in [5.74, 6) is 0.873. The molecule has 1 aliphatic heterocycles. The summed E-state index contributed by atoms with van der Waals surface area (Å²) in [6.07, 6.45) is 3.98. The van der Waals surface area contributed by atoms with E-state index in [0.717, 1.165) is 6.42 Å². The Hall–Kier alpha value is -0.570. The van der Waals surface area contributed by atoms with Gasteiger partial charge >= 0.3 is 0 Å². The summed E-state index contributed by atoms with van der Waals surface area (Å²) in [6.45, 7) is 0. The number of hydrogen-bond donors (Lipinski definition) is 2. The minimum atomic E-state index is 0.184. The Morgan fingerprint density at radius 2 is 2.09 bits per heavy atom. The topological polar surface area (TPSA) is 55.1 Å². The first-order valence-electron chi connectivity index (χ1n) is 4.32. The second kappa shape index (κ2) is 2.48. The van der Waals surface area contributed by atoms with Crippen LogP contribution < -0.4 is 11.1 Å². The largest absolute Gasteiger partial charge is 0.352 e. The van der Waals surface area contributed by atoms with Crippen LogP contribution in [0.3, 0.4) is 0 Å². The normalized spacial score (nSPS) is 38.5. The van der Waals surface area contributed by atoms with Gasteiger partial charge in [-0.15, -0.1) is 0 Å². The molecule has 2 atom stereocenters. The third-order valence-corrected chi connectivity index (χ3v) is 2.62. The van der Waals surface area contributed by atoms with Gasteiger partial charge in [-0.05, 0) is 25.2 Å². The maximum atomic E-state index is 11.0. The van der Waals surface area contributed by atoms with Gasteiger partial charge in [-0.1, -0.05) is 0 Å². The van der Waals surface area contributed by atoms with Gasteiger partial charge in [0.1, 0.15) is 0 Å². The lowest BCUT2D eigenvalue weighted by atomic mass is 9.95. The van der Waals surface area contributed by atoms with Crippen molar-refractivity contribution in [3.63, 3.8) is 0 Å². The van der Waals surface area contributed by atoms with Crippen LogP contribution in [0.5, 0.6) is 0 Å². The molecule has 2 aliphatic rings. The van der Waals surface area contributed by atoms with Crippen molar-refractivity contribution in [2.45, 2.75) is 37.8 Å². The minimum Gasteiger partial charge on any atom is -0.352 e. The van der Waals surface area contributed by atoms with E-state index in [1.54, 1.807) is 0 Å². The molecule has 0 aromatic heterocycles. The van der Waals surface area contributed by atoms with E-state index in [-0.39, 0.29) is 18.0 Å². The third kappa shape index (κ3) is 1.38. The van der Waals surface area contributed by atoms with E-state index < -0.39 is 0 Å². The van der Waals surface area contributed by atoms with Gasteiger partial charge in [0, 0.05) is 18.5 Å². The molecule has 1 amide bonds. The van der Waals surface area contributed by atoms with Gasteiger partial charge < -0.3 is 11.1 Å². The lowest BCUT2D eigenvalue weighted by molar-refractivity contribution is -0.123. The van der Waals surface area contributed by atoms with Crippen LogP contribution in [0.15, 0.2) is 0 Å². The highest BCUT2D eigenvalue weighted by Gasteiger charge is 2.38. The number of nitrogens with one attached hydrogen (secondary N) is 1. The summed E-state index contributed by atoms with van der Waals surface area (Å²) < 4.78 is 0. The molecule has 0 aromatic rings. The number of amides is 1. The SMILES string of the molecule is N[C@H]1CCC(=O)N[C@@H]1C1CC1. The Bertz CT molecular complexity index is 177. The molecule has 1 saturated heterocycles. The average Bonchev–Trinajstić information content (AvgIpc) is 2.76. The van der Waals surface area contributed by atoms with Crippen molar-refractivity contribution in [1.29, 1.82) is 0 Å². The second-order valence-corrected chi connectivity index (χ2v) is 3.63. The average molecular weight is 154 g/mol. The molecule has 0 unspecified atom stereocenters. The molecule has 11 heavy (non-hydrogen) atoms. The van der Waals surface area contributed by atoms with Crippen LogP contribution >= 0.6 is 0 Å². The van der Waals surface area contributed by atoms with E-state index >= 15 is 0 Å². The first kappa shape index (κ1) is 7.10. The number of carbonyl (C=O) groups is 1. The molecule has 3 N–H and O–H groups in total. The molecule has 1 saturated carbocycles. The monoisotopic (exact) mass is 154 g/mol. The summed E-state index contributed by atoms with van der Waals surface area (Å²) in [4.78, 5) is 11.0.